The molecular weight excluding hydrogens is 264 g/mol. The molecule has 0 aromatic carbocycles. The van der Waals surface area contributed by atoms with Gasteiger partial charge in [0.15, 0.2) is 0 Å². The van der Waals surface area contributed by atoms with Crippen LogP contribution in [0.5, 0.6) is 0 Å². The van der Waals surface area contributed by atoms with Crippen molar-refractivity contribution in [1.29, 1.82) is 0 Å². The Morgan fingerprint density at radius 1 is 0.350 bits per heavy atom. The van der Waals surface area contributed by atoms with Crippen LogP contribution in [-0.4, -0.2) is 79.0 Å². The SMILES string of the molecule is NCCOCCOCCN.NCCOCCOCCN. The Balaban J connectivity index is 0. The molecule has 0 saturated carbocycles. The second-order valence-corrected chi connectivity index (χ2v) is 3.60. The summed E-state index contributed by atoms with van der Waals surface area (Å²) in [5, 5.41) is 0. The molecule has 0 saturated heterocycles. The van der Waals surface area contributed by atoms with Crippen LogP contribution in [0, 0.1) is 0 Å². The normalized spacial score (nSPS) is 10.2. The van der Waals surface area contributed by atoms with Crippen molar-refractivity contribution < 1.29 is 18.9 Å². The minimum atomic E-state index is 0.566. The van der Waals surface area contributed by atoms with Gasteiger partial charge >= 0.3 is 0 Å². The van der Waals surface area contributed by atoms with Gasteiger partial charge in [0.05, 0.1) is 52.9 Å². The summed E-state index contributed by atoms with van der Waals surface area (Å²) in [6.07, 6.45) is 0. The summed E-state index contributed by atoms with van der Waals surface area (Å²) in [7, 11) is 0. The van der Waals surface area contributed by atoms with E-state index in [1.54, 1.807) is 0 Å². The Bertz CT molecular complexity index is 123. The zero-order valence-corrected chi connectivity index (χ0v) is 12.4. The van der Waals surface area contributed by atoms with Crippen molar-refractivity contribution in [2.75, 3.05) is 79.0 Å². The summed E-state index contributed by atoms with van der Waals surface area (Å²) in [6.45, 7) is 7.11. The predicted octanol–water partition coefficient (Wildman–Crippen LogP) is -2.13. The molecule has 0 heterocycles. The molecule has 0 aliphatic rings. The van der Waals surface area contributed by atoms with Crippen molar-refractivity contribution in [1.82, 2.24) is 0 Å². The Hall–Kier alpha value is -0.320. The van der Waals surface area contributed by atoms with Gasteiger partial charge in [-0.25, -0.2) is 0 Å². The van der Waals surface area contributed by atoms with Gasteiger partial charge in [-0.3, -0.25) is 0 Å². The second-order valence-electron chi connectivity index (χ2n) is 3.60. The van der Waals surface area contributed by atoms with E-state index in [0.717, 1.165) is 0 Å². The van der Waals surface area contributed by atoms with Crippen molar-refractivity contribution in [3.8, 4) is 0 Å². The highest BCUT2D eigenvalue weighted by atomic mass is 16.5. The van der Waals surface area contributed by atoms with Gasteiger partial charge in [-0.1, -0.05) is 0 Å². The number of hydrogen-bond donors (Lipinski definition) is 4. The molecule has 20 heavy (non-hydrogen) atoms. The fraction of sp³-hybridized carbons (Fsp3) is 1.00. The van der Waals surface area contributed by atoms with Gasteiger partial charge in [0.25, 0.3) is 0 Å². The summed E-state index contributed by atoms with van der Waals surface area (Å²) >= 11 is 0. The van der Waals surface area contributed by atoms with Crippen molar-refractivity contribution in [2.24, 2.45) is 22.9 Å². The first-order valence-corrected chi connectivity index (χ1v) is 6.94. The first-order chi connectivity index (χ1) is 9.83. The maximum atomic E-state index is 5.18. The lowest BCUT2D eigenvalue weighted by atomic mass is 10.7. The van der Waals surface area contributed by atoms with Crippen molar-refractivity contribution >= 4 is 0 Å². The molecule has 0 bridgehead atoms. The lowest BCUT2D eigenvalue weighted by Crippen LogP contribution is -2.14. The van der Waals surface area contributed by atoms with Gasteiger partial charge in [-0.05, 0) is 0 Å². The Morgan fingerprint density at radius 3 is 0.700 bits per heavy atom. The Morgan fingerprint density at radius 2 is 0.550 bits per heavy atom. The van der Waals surface area contributed by atoms with Crippen LogP contribution in [-0.2, 0) is 18.9 Å². The smallest absolute Gasteiger partial charge is 0.0701 e. The van der Waals surface area contributed by atoms with Gasteiger partial charge in [0, 0.05) is 26.2 Å². The molecule has 0 aromatic heterocycles. The van der Waals surface area contributed by atoms with Crippen LogP contribution in [0.3, 0.4) is 0 Å². The first-order valence-electron chi connectivity index (χ1n) is 6.94. The van der Waals surface area contributed by atoms with E-state index in [0.29, 0.717) is 79.0 Å². The molecule has 0 atom stereocenters. The lowest BCUT2D eigenvalue weighted by Gasteiger charge is -2.02. The number of rotatable bonds is 14. The van der Waals surface area contributed by atoms with E-state index in [2.05, 4.69) is 0 Å². The summed E-state index contributed by atoms with van der Waals surface area (Å²) in [5.74, 6) is 0. The van der Waals surface area contributed by atoms with Crippen molar-refractivity contribution in [3.63, 3.8) is 0 Å². The summed E-state index contributed by atoms with van der Waals surface area (Å²) in [4.78, 5) is 0. The maximum Gasteiger partial charge on any atom is 0.0701 e. The standard InChI is InChI=1S/2C6H16N2O2/c2*7-1-3-9-5-6-10-4-2-8/h2*1-8H2. The van der Waals surface area contributed by atoms with Crippen LogP contribution < -0.4 is 22.9 Å². The van der Waals surface area contributed by atoms with E-state index in [-0.39, 0.29) is 0 Å². The van der Waals surface area contributed by atoms with Gasteiger partial charge in [-0.2, -0.15) is 0 Å². The molecule has 0 aromatic rings. The largest absolute Gasteiger partial charge is 0.378 e. The van der Waals surface area contributed by atoms with E-state index in [1.807, 2.05) is 0 Å². The molecular formula is C12H32N4O4. The molecule has 124 valence electrons. The van der Waals surface area contributed by atoms with E-state index < -0.39 is 0 Å². The highest BCUT2D eigenvalue weighted by molar-refractivity contribution is 4.35. The average Bonchev–Trinajstić information content (AvgIpc) is 2.47. The van der Waals surface area contributed by atoms with Crippen molar-refractivity contribution in [3.05, 3.63) is 0 Å². The average molecular weight is 296 g/mol. The fourth-order valence-corrected chi connectivity index (χ4v) is 0.977. The quantitative estimate of drug-likeness (QED) is 0.266. The fourth-order valence-electron chi connectivity index (χ4n) is 0.977. The first kappa shape index (κ1) is 22.0. The molecule has 0 amide bonds. The number of hydrogen-bond acceptors (Lipinski definition) is 8. The minimum absolute atomic E-state index is 0.566. The number of ether oxygens (including phenoxy) is 4. The van der Waals surface area contributed by atoms with Crippen LogP contribution in [0.15, 0.2) is 0 Å². The topological polar surface area (TPSA) is 141 Å². The molecule has 0 aliphatic heterocycles. The molecule has 8 N–H and O–H groups in total. The van der Waals surface area contributed by atoms with E-state index in [4.69, 9.17) is 41.9 Å². The molecule has 0 fully saturated rings. The summed E-state index contributed by atoms with van der Waals surface area (Å²) in [6, 6.07) is 0. The van der Waals surface area contributed by atoms with Crippen LogP contribution in [0.4, 0.5) is 0 Å². The molecule has 8 heteroatoms. The maximum absolute atomic E-state index is 5.18. The highest BCUT2D eigenvalue weighted by Gasteiger charge is 1.86. The minimum Gasteiger partial charge on any atom is -0.378 e. The zero-order valence-electron chi connectivity index (χ0n) is 12.4. The van der Waals surface area contributed by atoms with Crippen LogP contribution >= 0.6 is 0 Å². The molecule has 0 radical (unpaired) electrons. The monoisotopic (exact) mass is 296 g/mol. The summed E-state index contributed by atoms with van der Waals surface area (Å²) in [5.41, 5.74) is 20.7. The Kier molecular flexibility index (Phi) is 26.1. The van der Waals surface area contributed by atoms with Gasteiger partial charge in [-0.15, -0.1) is 0 Å². The molecule has 8 nitrogen and oxygen atoms in total. The van der Waals surface area contributed by atoms with E-state index in [9.17, 15) is 0 Å². The van der Waals surface area contributed by atoms with Crippen LogP contribution in [0.25, 0.3) is 0 Å². The molecule has 0 rings (SSSR count). The third-order valence-electron chi connectivity index (χ3n) is 1.79. The van der Waals surface area contributed by atoms with Gasteiger partial charge in [0.1, 0.15) is 0 Å². The molecule has 0 aliphatic carbocycles. The van der Waals surface area contributed by atoms with E-state index >= 15 is 0 Å². The molecule has 0 unspecified atom stereocenters. The van der Waals surface area contributed by atoms with Crippen molar-refractivity contribution in [2.45, 2.75) is 0 Å². The van der Waals surface area contributed by atoms with Gasteiger partial charge < -0.3 is 41.9 Å². The highest BCUT2D eigenvalue weighted by Crippen LogP contribution is 1.76. The van der Waals surface area contributed by atoms with Crippen LogP contribution in [0.2, 0.25) is 0 Å². The second kappa shape index (κ2) is 23.7. The van der Waals surface area contributed by atoms with E-state index in [1.165, 1.54) is 0 Å². The summed E-state index contributed by atoms with van der Waals surface area (Å²) < 4.78 is 20.2. The third-order valence-corrected chi connectivity index (χ3v) is 1.79. The van der Waals surface area contributed by atoms with Gasteiger partial charge in [0.2, 0.25) is 0 Å². The predicted molar refractivity (Wildman–Crippen MR) is 79.5 cm³/mol. The lowest BCUT2D eigenvalue weighted by molar-refractivity contribution is 0.0538. The number of nitrogens with two attached hydrogens (primary N) is 4. The van der Waals surface area contributed by atoms with Crippen LogP contribution in [0.1, 0.15) is 0 Å². The Labute approximate surface area is 122 Å². The third kappa shape index (κ3) is 26.3. The zero-order chi connectivity index (χ0) is 15.3. The molecule has 0 spiro atoms.